The predicted octanol–water partition coefficient (Wildman–Crippen LogP) is 4.77. The maximum absolute atomic E-state index is 13.5. The van der Waals surface area contributed by atoms with Gasteiger partial charge in [-0.25, -0.2) is 4.57 Å². The summed E-state index contributed by atoms with van der Waals surface area (Å²) in [5, 5.41) is -2.37. The number of likely N-dealkylation sites (tertiary alicyclic amines) is 1. The average Bonchev–Trinajstić information content (AvgIpc) is 3.24. The first kappa shape index (κ1) is 40.8. The number of thioether (sulfide) groups is 1. The molecule has 2 aliphatic rings. The van der Waals surface area contributed by atoms with Crippen LogP contribution in [0.15, 0.2) is 12.2 Å². The lowest BCUT2D eigenvalue weighted by Gasteiger charge is -2.40. The highest BCUT2D eigenvalue weighted by Crippen LogP contribution is 2.59. The lowest BCUT2D eigenvalue weighted by Crippen LogP contribution is -2.41. The van der Waals surface area contributed by atoms with Crippen LogP contribution in [0.3, 0.4) is 0 Å². The summed E-state index contributed by atoms with van der Waals surface area (Å²) in [4.78, 5) is 72.5. The van der Waals surface area contributed by atoms with Gasteiger partial charge in [-0.15, -0.1) is 11.8 Å². The first-order valence-electron chi connectivity index (χ1n) is 14.9. The molecule has 1 saturated heterocycles. The van der Waals surface area contributed by atoms with Crippen molar-refractivity contribution >= 4 is 50.8 Å². The van der Waals surface area contributed by atoms with Crippen molar-refractivity contribution in [3.63, 3.8) is 0 Å². The lowest BCUT2D eigenvalue weighted by atomic mass is 9.96. The molecular weight excluding hydrogens is 662 g/mol. The summed E-state index contributed by atoms with van der Waals surface area (Å²) in [5.41, 5.74) is -3.26. The molecule has 2 aliphatic heterocycles. The Bertz CT molecular complexity index is 1300. The number of phosphoric ester groups is 1. The van der Waals surface area contributed by atoms with Crippen LogP contribution in [0, 0.1) is 0 Å². The molecule has 1 fully saturated rings. The third-order valence-corrected chi connectivity index (χ3v) is 12.1. The standard InChI is InChI=1S/C29H50N2O12P2S/c1-25(2,3)41-45(38,39)43-26(4,5)14-17-40-29(10,11)44(36,37)42-27(6,7)19-28(8,9)46-20-18-23(34)31(24(20)35)16-15-30-21(32)12-13-22(30)33/h12-13,20H,14-19H2,1-11H3,(H,36,37)(H,38,39). The van der Waals surface area contributed by atoms with Gasteiger partial charge in [0.2, 0.25) is 11.8 Å². The number of carbonyl (C=O) groups is 4. The van der Waals surface area contributed by atoms with Crippen LogP contribution < -0.4 is 0 Å². The zero-order valence-corrected chi connectivity index (χ0v) is 31.3. The normalized spacial score (nSPS) is 21.4. The summed E-state index contributed by atoms with van der Waals surface area (Å²) < 4.78 is 47.2. The van der Waals surface area contributed by atoms with Crippen LogP contribution in [-0.4, -0.2) is 95.1 Å². The van der Waals surface area contributed by atoms with Crippen LogP contribution in [-0.2, 0) is 46.6 Å². The summed E-state index contributed by atoms with van der Waals surface area (Å²) in [6, 6.07) is 0. The van der Waals surface area contributed by atoms with Gasteiger partial charge in [-0.3, -0.25) is 42.6 Å². The number of ether oxygens (including phenoxy) is 1. The molecule has 0 aromatic heterocycles. The summed E-state index contributed by atoms with van der Waals surface area (Å²) in [6.07, 6.45) is 2.53. The van der Waals surface area contributed by atoms with E-state index in [4.69, 9.17) is 18.3 Å². The minimum Gasteiger partial charge on any atom is -0.363 e. The quantitative estimate of drug-likeness (QED) is 0.155. The van der Waals surface area contributed by atoms with E-state index in [1.54, 1.807) is 48.5 Å². The van der Waals surface area contributed by atoms with E-state index >= 15 is 0 Å². The highest BCUT2D eigenvalue weighted by atomic mass is 32.2. The number of imide groups is 2. The smallest absolute Gasteiger partial charge is 0.363 e. The van der Waals surface area contributed by atoms with Gasteiger partial charge in [0.25, 0.3) is 11.8 Å². The summed E-state index contributed by atoms with van der Waals surface area (Å²) >= 11 is 1.25. The average molecular weight is 713 g/mol. The molecule has 264 valence electrons. The van der Waals surface area contributed by atoms with Gasteiger partial charge in [0, 0.05) is 36.4 Å². The molecule has 0 aromatic rings. The number of hydrogen-bond acceptors (Lipinski definition) is 11. The number of rotatable bonds is 17. The van der Waals surface area contributed by atoms with E-state index in [-0.39, 0.29) is 39.0 Å². The van der Waals surface area contributed by atoms with Crippen LogP contribution in [0.5, 0.6) is 0 Å². The van der Waals surface area contributed by atoms with Crippen molar-refractivity contribution in [2.24, 2.45) is 0 Å². The van der Waals surface area contributed by atoms with Gasteiger partial charge in [0.1, 0.15) is 0 Å². The first-order chi connectivity index (χ1) is 20.5. The second-order valence-electron chi connectivity index (χ2n) is 14.7. The topological polar surface area (TPSA) is 186 Å². The fraction of sp³-hybridized carbons (Fsp3) is 0.793. The van der Waals surface area contributed by atoms with Gasteiger partial charge in [-0.2, -0.15) is 0 Å². The molecule has 0 saturated carbocycles. The Morgan fingerprint density at radius 2 is 1.33 bits per heavy atom. The van der Waals surface area contributed by atoms with Crippen LogP contribution >= 0.6 is 27.2 Å². The molecule has 4 amide bonds. The number of nitrogens with zero attached hydrogens (tertiary/aromatic N) is 2. The number of carbonyl (C=O) groups excluding carboxylic acids is 4. The molecule has 17 heteroatoms. The molecule has 0 aromatic carbocycles. The highest BCUT2D eigenvalue weighted by Gasteiger charge is 2.49. The Morgan fingerprint density at radius 1 is 0.804 bits per heavy atom. The van der Waals surface area contributed by atoms with E-state index in [0.717, 1.165) is 22.0 Å². The zero-order valence-electron chi connectivity index (χ0n) is 28.6. The first-order valence-corrected chi connectivity index (χ1v) is 18.9. The highest BCUT2D eigenvalue weighted by molar-refractivity contribution is 8.02. The maximum atomic E-state index is 13.5. The van der Waals surface area contributed by atoms with Crippen LogP contribution in [0.2, 0.25) is 0 Å². The molecule has 0 spiro atoms. The van der Waals surface area contributed by atoms with E-state index in [9.17, 15) is 38.1 Å². The van der Waals surface area contributed by atoms with Crippen molar-refractivity contribution < 1.29 is 56.4 Å². The minimum atomic E-state index is -4.45. The SMILES string of the molecule is CC(C)(C)OP(=O)(O)OC(C)(C)CCOC(C)(C)P(=O)(O)OC(C)(C)CC(C)(C)SC1CC(=O)N(CCN2C(=O)C=CC2=O)C1=O. The largest absolute Gasteiger partial charge is 0.473 e. The fourth-order valence-electron chi connectivity index (χ4n) is 5.11. The Balaban J connectivity index is 1.96. The monoisotopic (exact) mass is 712 g/mol. The van der Waals surface area contributed by atoms with E-state index in [1.165, 1.54) is 25.6 Å². The van der Waals surface area contributed by atoms with Gasteiger partial charge in [0.15, 0.2) is 5.34 Å². The third-order valence-electron chi connectivity index (χ3n) is 6.93. The van der Waals surface area contributed by atoms with Crippen molar-refractivity contribution in [1.82, 2.24) is 9.80 Å². The Morgan fingerprint density at radius 3 is 1.85 bits per heavy atom. The number of amides is 4. The molecule has 14 nitrogen and oxygen atoms in total. The third kappa shape index (κ3) is 11.9. The summed E-state index contributed by atoms with van der Waals surface area (Å²) in [7, 11) is -8.84. The minimum absolute atomic E-state index is 0.0537. The molecule has 46 heavy (non-hydrogen) atoms. The van der Waals surface area contributed by atoms with Crippen LogP contribution in [0.1, 0.15) is 95.4 Å². The van der Waals surface area contributed by atoms with Gasteiger partial charge in [-0.05, 0) is 75.2 Å². The van der Waals surface area contributed by atoms with Gasteiger partial charge < -0.3 is 19.0 Å². The molecule has 0 radical (unpaired) electrons. The van der Waals surface area contributed by atoms with E-state index in [1.807, 2.05) is 13.8 Å². The van der Waals surface area contributed by atoms with Gasteiger partial charge in [-0.1, -0.05) is 13.8 Å². The second-order valence-corrected chi connectivity index (χ2v) is 20.2. The maximum Gasteiger partial charge on any atom is 0.473 e. The molecule has 2 heterocycles. The predicted molar refractivity (Wildman–Crippen MR) is 173 cm³/mol. The molecule has 0 bridgehead atoms. The molecule has 3 unspecified atom stereocenters. The van der Waals surface area contributed by atoms with E-state index in [2.05, 4.69) is 0 Å². The molecule has 2 rings (SSSR count). The molecule has 2 N–H and O–H groups in total. The lowest BCUT2D eigenvalue weighted by molar-refractivity contribution is -0.142. The Kier molecular flexibility index (Phi) is 12.6. The summed E-state index contributed by atoms with van der Waals surface area (Å²) in [6.45, 7) is 17.5. The van der Waals surface area contributed by atoms with Crippen LogP contribution in [0.4, 0.5) is 0 Å². The van der Waals surface area contributed by atoms with Crippen LogP contribution in [0.25, 0.3) is 0 Å². The number of phosphoric acid groups is 1. The number of hydrogen-bond donors (Lipinski definition) is 2. The Hall–Kier alpha value is -1.41. The zero-order chi connectivity index (χ0) is 35.7. The van der Waals surface area contributed by atoms with Crippen molar-refractivity contribution in [3.05, 3.63) is 12.2 Å². The van der Waals surface area contributed by atoms with Gasteiger partial charge in [0.05, 0.1) is 28.7 Å². The van der Waals surface area contributed by atoms with Gasteiger partial charge >= 0.3 is 15.4 Å². The second kappa shape index (κ2) is 14.2. The van der Waals surface area contributed by atoms with E-state index in [0.29, 0.717) is 0 Å². The van der Waals surface area contributed by atoms with Crippen molar-refractivity contribution in [2.45, 2.75) is 128 Å². The van der Waals surface area contributed by atoms with Crippen molar-refractivity contribution in [1.29, 1.82) is 0 Å². The molecule has 3 atom stereocenters. The Labute approximate surface area is 276 Å². The van der Waals surface area contributed by atoms with E-state index < -0.39 is 71.2 Å². The van der Waals surface area contributed by atoms with Crippen molar-refractivity contribution in [2.75, 3.05) is 19.7 Å². The molecule has 0 aliphatic carbocycles. The van der Waals surface area contributed by atoms with Crippen molar-refractivity contribution in [3.8, 4) is 0 Å². The molecular formula is C29H50N2O12P2S. The summed E-state index contributed by atoms with van der Waals surface area (Å²) in [5.74, 6) is -1.82. The fourth-order valence-corrected chi connectivity index (χ4v) is 9.42.